The van der Waals surface area contributed by atoms with E-state index in [1.165, 1.54) is 5.56 Å². The lowest BCUT2D eigenvalue weighted by Crippen LogP contribution is -2.53. The van der Waals surface area contributed by atoms with Gasteiger partial charge in [-0.05, 0) is 49.6 Å². The highest BCUT2D eigenvalue weighted by Gasteiger charge is 2.26. The maximum absolute atomic E-state index is 12.2. The number of carbonyl (C=O) groups excluding carboxylic acids is 1. The standard InChI is InChI=1S/C14H22N2O2S/c1-10(6-13-4-5-19-9-13)15-14(17)16-7-11(2)18-12(3)8-16/h4-5,9-12H,6-8H2,1-3H3,(H,15,17). The van der Waals surface area contributed by atoms with E-state index in [9.17, 15) is 4.79 Å². The largest absolute Gasteiger partial charge is 0.372 e. The molecule has 106 valence electrons. The van der Waals surface area contributed by atoms with Crippen LogP contribution in [0.5, 0.6) is 0 Å². The van der Waals surface area contributed by atoms with Crippen LogP contribution in [-0.2, 0) is 11.2 Å². The van der Waals surface area contributed by atoms with Gasteiger partial charge in [-0.1, -0.05) is 0 Å². The fraction of sp³-hybridized carbons (Fsp3) is 0.643. The Morgan fingerprint density at radius 3 is 2.79 bits per heavy atom. The highest BCUT2D eigenvalue weighted by Crippen LogP contribution is 2.12. The molecule has 1 aromatic heterocycles. The number of morpholine rings is 1. The molecule has 3 atom stereocenters. The lowest BCUT2D eigenvalue weighted by atomic mass is 10.1. The van der Waals surface area contributed by atoms with Crippen LogP contribution in [0, 0.1) is 0 Å². The molecular formula is C14H22N2O2S. The fourth-order valence-corrected chi connectivity index (χ4v) is 3.14. The number of ether oxygens (including phenoxy) is 1. The summed E-state index contributed by atoms with van der Waals surface area (Å²) in [4.78, 5) is 14.0. The van der Waals surface area contributed by atoms with Crippen molar-refractivity contribution in [2.45, 2.75) is 45.4 Å². The van der Waals surface area contributed by atoms with Gasteiger partial charge in [0.2, 0.25) is 0 Å². The van der Waals surface area contributed by atoms with Gasteiger partial charge in [-0.2, -0.15) is 11.3 Å². The second-order valence-corrected chi connectivity index (χ2v) is 6.13. The van der Waals surface area contributed by atoms with Crippen LogP contribution in [0.25, 0.3) is 0 Å². The summed E-state index contributed by atoms with van der Waals surface area (Å²) in [5.74, 6) is 0. The number of rotatable bonds is 3. The number of nitrogens with zero attached hydrogens (tertiary/aromatic N) is 1. The van der Waals surface area contributed by atoms with Gasteiger partial charge in [0, 0.05) is 19.1 Å². The molecule has 0 aliphatic carbocycles. The minimum absolute atomic E-state index is 0.0183. The SMILES string of the molecule is CC(Cc1ccsc1)NC(=O)N1CC(C)OC(C)C1. The molecule has 2 rings (SSSR count). The van der Waals surface area contributed by atoms with E-state index in [2.05, 4.69) is 22.1 Å². The summed E-state index contributed by atoms with van der Waals surface area (Å²) in [5.41, 5.74) is 1.28. The van der Waals surface area contributed by atoms with E-state index < -0.39 is 0 Å². The average Bonchev–Trinajstić information content (AvgIpc) is 2.80. The molecule has 0 aromatic carbocycles. The number of hydrogen-bond acceptors (Lipinski definition) is 3. The second kappa shape index (κ2) is 6.39. The van der Waals surface area contributed by atoms with Crippen LogP contribution < -0.4 is 5.32 Å². The Morgan fingerprint density at radius 1 is 1.53 bits per heavy atom. The summed E-state index contributed by atoms with van der Waals surface area (Å²) in [6.07, 6.45) is 1.10. The van der Waals surface area contributed by atoms with E-state index in [1.54, 1.807) is 11.3 Å². The Hall–Kier alpha value is -1.07. The third kappa shape index (κ3) is 4.21. The maximum Gasteiger partial charge on any atom is 0.317 e. The number of nitrogens with one attached hydrogen (secondary N) is 1. The number of carbonyl (C=O) groups is 1. The zero-order chi connectivity index (χ0) is 13.8. The van der Waals surface area contributed by atoms with E-state index >= 15 is 0 Å². The van der Waals surface area contributed by atoms with Crippen molar-refractivity contribution in [2.24, 2.45) is 0 Å². The molecule has 0 radical (unpaired) electrons. The summed E-state index contributed by atoms with van der Waals surface area (Å²) in [6, 6.07) is 2.27. The molecule has 0 saturated carbocycles. The molecule has 5 heteroatoms. The van der Waals surface area contributed by atoms with Gasteiger partial charge in [-0.25, -0.2) is 4.79 Å². The van der Waals surface area contributed by atoms with Crippen LogP contribution in [-0.4, -0.2) is 42.3 Å². The van der Waals surface area contributed by atoms with Crippen molar-refractivity contribution in [1.82, 2.24) is 10.2 Å². The Bertz CT molecular complexity index is 398. The quantitative estimate of drug-likeness (QED) is 0.925. The molecule has 1 N–H and O–H groups in total. The summed E-state index contributed by atoms with van der Waals surface area (Å²) in [7, 11) is 0. The highest BCUT2D eigenvalue weighted by molar-refractivity contribution is 7.07. The average molecular weight is 282 g/mol. The van der Waals surface area contributed by atoms with Crippen LogP contribution in [0.4, 0.5) is 4.79 Å². The Morgan fingerprint density at radius 2 is 2.21 bits per heavy atom. The second-order valence-electron chi connectivity index (χ2n) is 5.35. The molecule has 1 aliphatic heterocycles. The molecular weight excluding hydrogens is 260 g/mol. The van der Waals surface area contributed by atoms with Gasteiger partial charge in [0.15, 0.2) is 0 Å². The maximum atomic E-state index is 12.2. The van der Waals surface area contributed by atoms with Crippen molar-refractivity contribution in [1.29, 1.82) is 0 Å². The molecule has 1 fully saturated rings. The van der Waals surface area contributed by atoms with Gasteiger partial charge in [0.05, 0.1) is 12.2 Å². The molecule has 2 amide bonds. The highest BCUT2D eigenvalue weighted by atomic mass is 32.1. The molecule has 2 heterocycles. The summed E-state index contributed by atoms with van der Waals surface area (Å²) < 4.78 is 5.64. The molecule has 4 nitrogen and oxygen atoms in total. The van der Waals surface area contributed by atoms with Crippen LogP contribution >= 0.6 is 11.3 Å². The first kappa shape index (κ1) is 14.3. The lowest BCUT2D eigenvalue weighted by Gasteiger charge is -2.35. The van der Waals surface area contributed by atoms with Gasteiger partial charge in [-0.3, -0.25) is 0 Å². The van der Waals surface area contributed by atoms with Crippen LogP contribution in [0.1, 0.15) is 26.3 Å². The predicted octanol–water partition coefficient (Wildman–Crippen LogP) is 2.50. The molecule has 1 aliphatic rings. The van der Waals surface area contributed by atoms with Crippen molar-refractivity contribution in [2.75, 3.05) is 13.1 Å². The zero-order valence-electron chi connectivity index (χ0n) is 11.8. The predicted molar refractivity (Wildman–Crippen MR) is 77.6 cm³/mol. The fourth-order valence-electron chi connectivity index (χ4n) is 2.46. The van der Waals surface area contributed by atoms with E-state index in [-0.39, 0.29) is 24.3 Å². The van der Waals surface area contributed by atoms with Crippen molar-refractivity contribution in [3.8, 4) is 0 Å². The number of amides is 2. The first-order valence-electron chi connectivity index (χ1n) is 6.76. The van der Waals surface area contributed by atoms with Crippen LogP contribution in [0.2, 0.25) is 0 Å². The molecule has 3 unspecified atom stereocenters. The lowest BCUT2D eigenvalue weighted by molar-refractivity contribution is -0.0547. The molecule has 0 spiro atoms. The monoisotopic (exact) mass is 282 g/mol. The zero-order valence-corrected chi connectivity index (χ0v) is 12.6. The third-order valence-corrected chi connectivity index (χ3v) is 3.93. The van der Waals surface area contributed by atoms with Crippen molar-refractivity contribution < 1.29 is 9.53 Å². The topological polar surface area (TPSA) is 41.6 Å². The van der Waals surface area contributed by atoms with Crippen molar-refractivity contribution in [3.05, 3.63) is 22.4 Å². The van der Waals surface area contributed by atoms with Crippen molar-refractivity contribution in [3.63, 3.8) is 0 Å². The Balaban J connectivity index is 1.82. The van der Waals surface area contributed by atoms with Gasteiger partial charge in [-0.15, -0.1) is 0 Å². The van der Waals surface area contributed by atoms with E-state index in [0.29, 0.717) is 13.1 Å². The third-order valence-electron chi connectivity index (χ3n) is 3.20. The van der Waals surface area contributed by atoms with E-state index in [4.69, 9.17) is 4.74 Å². The van der Waals surface area contributed by atoms with Gasteiger partial charge in [0.1, 0.15) is 0 Å². The number of hydrogen-bond donors (Lipinski definition) is 1. The minimum atomic E-state index is 0.0183. The molecule has 1 saturated heterocycles. The van der Waals surface area contributed by atoms with Crippen LogP contribution in [0.3, 0.4) is 0 Å². The normalized spacial score (nSPS) is 25.1. The number of thiophene rings is 1. The molecule has 19 heavy (non-hydrogen) atoms. The van der Waals surface area contributed by atoms with Gasteiger partial charge in [0.25, 0.3) is 0 Å². The summed E-state index contributed by atoms with van der Waals surface area (Å²) >= 11 is 1.69. The van der Waals surface area contributed by atoms with Crippen LogP contribution in [0.15, 0.2) is 16.8 Å². The van der Waals surface area contributed by atoms with E-state index in [1.807, 2.05) is 25.7 Å². The first-order chi connectivity index (χ1) is 9.04. The Kier molecular flexibility index (Phi) is 4.82. The molecule has 0 bridgehead atoms. The summed E-state index contributed by atoms with van der Waals surface area (Å²) in [6.45, 7) is 7.39. The van der Waals surface area contributed by atoms with Crippen molar-refractivity contribution >= 4 is 17.4 Å². The number of urea groups is 1. The molecule has 1 aromatic rings. The van der Waals surface area contributed by atoms with Gasteiger partial charge >= 0.3 is 6.03 Å². The minimum Gasteiger partial charge on any atom is -0.372 e. The summed E-state index contributed by atoms with van der Waals surface area (Å²) in [5, 5.41) is 7.26. The van der Waals surface area contributed by atoms with E-state index in [0.717, 1.165) is 6.42 Å². The van der Waals surface area contributed by atoms with Gasteiger partial charge < -0.3 is 15.0 Å². The first-order valence-corrected chi connectivity index (χ1v) is 7.71. The smallest absolute Gasteiger partial charge is 0.317 e. The Labute approximate surface area is 118 Å².